The van der Waals surface area contributed by atoms with E-state index in [0.29, 0.717) is 11.5 Å². The van der Waals surface area contributed by atoms with E-state index < -0.39 is 0 Å². The summed E-state index contributed by atoms with van der Waals surface area (Å²) in [5, 5.41) is 0. The van der Waals surface area contributed by atoms with Gasteiger partial charge in [0.15, 0.2) is 0 Å². The van der Waals surface area contributed by atoms with Crippen LogP contribution in [0.15, 0.2) is 18.2 Å². The molecule has 20 heavy (non-hydrogen) atoms. The predicted molar refractivity (Wildman–Crippen MR) is 80.2 cm³/mol. The van der Waals surface area contributed by atoms with Crippen molar-refractivity contribution in [1.82, 2.24) is 0 Å². The Morgan fingerprint density at radius 3 is 2.55 bits per heavy atom. The number of ether oxygens (including phenoxy) is 1. The van der Waals surface area contributed by atoms with E-state index in [2.05, 4.69) is 20.8 Å². The van der Waals surface area contributed by atoms with Gasteiger partial charge in [-0.25, -0.2) is 0 Å². The number of carbonyl (C=O) groups excluding carboxylic acids is 1. The van der Waals surface area contributed by atoms with E-state index in [-0.39, 0.29) is 5.41 Å². The van der Waals surface area contributed by atoms with Crippen LogP contribution in [0, 0.1) is 23.7 Å². The lowest BCUT2D eigenvalue weighted by Gasteiger charge is -2.38. The van der Waals surface area contributed by atoms with Gasteiger partial charge < -0.3 is 4.74 Å². The molecule has 1 aromatic rings. The maximum Gasteiger partial charge on any atom is 0.150 e. The van der Waals surface area contributed by atoms with E-state index in [1.807, 2.05) is 25.1 Å². The zero-order chi connectivity index (χ0) is 14.5. The lowest BCUT2D eigenvalue weighted by molar-refractivity contribution is 0.0301. The summed E-state index contributed by atoms with van der Waals surface area (Å²) in [4.78, 5) is 10.9. The Bertz CT molecular complexity index is 546. The number of hydrogen-bond acceptors (Lipinski definition) is 2. The van der Waals surface area contributed by atoms with Gasteiger partial charge >= 0.3 is 0 Å². The minimum atomic E-state index is 0.273. The first-order chi connectivity index (χ1) is 9.38. The molecule has 2 nitrogen and oxygen atoms in total. The van der Waals surface area contributed by atoms with Gasteiger partial charge in [0, 0.05) is 11.0 Å². The van der Waals surface area contributed by atoms with Gasteiger partial charge in [-0.2, -0.15) is 0 Å². The number of fused-ring (bicyclic) bond motifs is 2. The Labute approximate surface area is 121 Å². The van der Waals surface area contributed by atoms with Crippen LogP contribution in [0.4, 0.5) is 0 Å². The normalized spacial score (nSPS) is 34.2. The highest BCUT2D eigenvalue weighted by Gasteiger charge is 2.62. The molecule has 0 aromatic heterocycles. The number of aldehydes is 1. The zero-order valence-electron chi connectivity index (χ0n) is 12.9. The van der Waals surface area contributed by atoms with Crippen molar-refractivity contribution >= 4 is 6.29 Å². The second-order valence-electron chi connectivity index (χ2n) is 7.35. The average molecular weight is 272 g/mol. The van der Waals surface area contributed by atoms with E-state index in [9.17, 15) is 4.79 Å². The van der Waals surface area contributed by atoms with Crippen molar-refractivity contribution in [3.63, 3.8) is 0 Å². The summed E-state index contributed by atoms with van der Waals surface area (Å²) in [5.41, 5.74) is 2.38. The highest BCUT2D eigenvalue weighted by atomic mass is 16.5. The van der Waals surface area contributed by atoms with E-state index in [1.165, 1.54) is 12.8 Å². The van der Waals surface area contributed by atoms with Gasteiger partial charge in [-0.1, -0.05) is 20.8 Å². The molecule has 2 aliphatic carbocycles. The lowest BCUT2D eigenvalue weighted by Crippen LogP contribution is -2.38. The van der Waals surface area contributed by atoms with E-state index in [4.69, 9.17) is 4.74 Å². The standard InChI is InChI=1S/C18H24O2/c1-12-9-15(6-5-13(12)11-19)20-16-10-14-7-8-18(16,4)17(14,2)3/h5-6,9,11,14,16H,7-8,10H2,1-4H3. The van der Waals surface area contributed by atoms with E-state index in [0.717, 1.165) is 35.5 Å². The van der Waals surface area contributed by atoms with Crippen LogP contribution in [0.3, 0.4) is 0 Å². The molecule has 2 heteroatoms. The molecule has 3 unspecified atom stereocenters. The Morgan fingerprint density at radius 1 is 1.30 bits per heavy atom. The molecule has 0 N–H and O–H groups in total. The van der Waals surface area contributed by atoms with Crippen LogP contribution in [-0.4, -0.2) is 12.4 Å². The summed E-state index contributed by atoms with van der Waals surface area (Å²) in [6.07, 6.45) is 4.98. The molecule has 0 amide bonds. The Kier molecular flexibility index (Phi) is 2.97. The Hall–Kier alpha value is -1.31. The molecule has 0 spiro atoms. The van der Waals surface area contributed by atoms with Gasteiger partial charge in [0.2, 0.25) is 0 Å². The third-order valence-corrected chi connectivity index (χ3v) is 6.36. The second-order valence-corrected chi connectivity index (χ2v) is 7.35. The lowest BCUT2D eigenvalue weighted by atomic mass is 9.70. The fourth-order valence-corrected chi connectivity index (χ4v) is 4.33. The second kappa shape index (κ2) is 4.34. The van der Waals surface area contributed by atoms with Crippen molar-refractivity contribution in [3.8, 4) is 5.75 Å². The van der Waals surface area contributed by atoms with Crippen molar-refractivity contribution in [1.29, 1.82) is 0 Å². The first-order valence-corrected chi connectivity index (χ1v) is 7.61. The quantitative estimate of drug-likeness (QED) is 0.762. The molecule has 2 saturated carbocycles. The van der Waals surface area contributed by atoms with E-state index in [1.54, 1.807) is 0 Å². The molecule has 3 atom stereocenters. The fourth-order valence-electron chi connectivity index (χ4n) is 4.33. The first-order valence-electron chi connectivity index (χ1n) is 7.61. The summed E-state index contributed by atoms with van der Waals surface area (Å²) in [6.45, 7) is 9.14. The SMILES string of the molecule is Cc1cc(OC2CC3CCC2(C)C3(C)C)ccc1C=O. The third-order valence-electron chi connectivity index (χ3n) is 6.36. The molecule has 2 bridgehead atoms. The van der Waals surface area contributed by atoms with Crippen molar-refractivity contribution < 1.29 is 9.53 Å². The van der Waals surface area contributed by atoms with Crippen LogP contribution < -0.4 is 4.74 Å². The smallest absolute Gasteiger partial charge is 0.150 e. The summed E-state index contributed by atoms with van der Waals surface area (Å²) in [7, 11) is 0. The molecule has 2 aliphatic rings. The Morgan fingerprint density at radius 2 is 2.05 bits per heavy atom. The summed E-state index contributed by atoms with van der Waals surface area (Å²) in [6, 6.07) is 5.78. The topological polar surface area (TPSA) is 26.3 Å². The maximum absolute atomic E-state index is 10.9. The van der Waals surface area contributed by atoms with Crippen molar-refractivity contribution in [3.05, 3.63) is 29.3 Å². The van der Waals surface area contributed by atoms with Crippen LogP contribution in [-0.2, 0) is 0 Å². The van der Waals surface area contributed by atoms with Gasteiger partial charge in [-0.15, -0.1) is 0 Å². The van der Waals surface area contributed by atoms with Crippen LogP contribution in [0.25, 0.3) is 0 Å². The van der Waals surface area contributed by atoms with Crippen molar-refractivity contribution in [2.45, 2.75) is 53.1 Å². The summed E-state index contributed by atoms with van der Waals surface area (Å²) in [5.74, 6) is 1.69. The molecule has 0 heterocycles. The van der Waals surface area contributed by atoms with Crippen LogP contribution in [0.5, 0.6) is 5.75 Å². The zero-order valence-corrected chi connectivity index (χ0v) is 12.9. The van der Waals surface area contributed by atoms with Crippen molar-refractivity contribution in [2.75, 3.05) is 0 Å². The van der Waals surface area contributed by atoms with Gasteiger partial charge in [0.1, 0.15) is 18.1 Å². The largest absolute Gasteiger partial charge is 0.490 e. The number of hydrogen-bond donors (Lipinski definition) is 0. The summed E-state index contributed by atoms with van der Waals surface area (Å²) >= 11 is 0. The molecule has 0 aliphatic heterocycles. The minimum Gasteiger partial charge on any atom is -0.490 e. The van der Waals surface area contributed by atoms with Crippen LogP contribution in [0.1, 0.15) is 56.0 Å². The number of aryl methyl sites for hydroxylation is 1. The molecule has 1 aromatic carbocycles. The molecular weight excluding hydrogens is 248 g/mol. The monoisotopic (exact) mass is 272 g/mol. The first kappa shape index (κ1) is 13.7. The highest BCUT2D eigenvalue weighted by Crippen LogP contribution is 2.66. The van der Waals surface area contributed by atoms with Gasteiger partial charge in [0.25, 0.3) is 0 Å². The molecule has 3 rings (SSSR count). The number of carbonyl (C=O) groups is 1. The maximum atomic E-state index is 10.9. The number of benzene rings is 1. The van der Waals surface area contributed by atoms with Crippen LogP contribution >= 0.6 is 0 Å². The average Bonchev–Trinajstić information content (AvgIpc) is 2.72. The molecule has 108 valence electrons. The van der Waals surface area contributed by atoms with Gasteiger partial charge in [-0.3, -0.25) is 4.79 Å². The minimum absolute atomic E-state index is 0.273. The molecule has 0 saturated heterocycles. The highest BCUT2D eigenvalue weighted by molar-refractivity contribution is 5.77. The third kappa shape index (κ3) is 1.73. The van der Waals surface area contributed by atoms with Crippen molar-refractivity contribution in [2.24, 2.45) is 16.7 Å². The Balaban J connectivity index is 1.83. The van der Waals surface area contributed by atoms with E-state index >= 15 is 0 Å². The van der Waals surface area contributed by atoms with Gasteiger partial charge in [-0.05, 0) is 61.3 Å². The molecule has 0 radical (unpaired) electrons. The van der Waals surface area contributed by atoms with Crippen LogP contribution in [0.2, 0.25) is 0 Å². The number of rotatable bonds is 3. The predicted octanol–water partition coefficient (Wildman–Crippen LogP) is 4.40. The van der Waals surface area contributed by atoms with Gasteiger partial charge in [0.05, 0.1) is 0 Å². The molecule has 2 fully saturated rings. The summed E-state index contributed by atoms with van der Waals surface area (Å²) < 4.78 is 6.31. The molecular formula is C18H24O2. The fraction of sp³-hybridized carbons (Fsp3) is 0.611.